The van der Waals surface area contributed by atoms with Crippen molar-refractivity contribution < 1.29 is 4.79 Å². The molecule has 134 valence electrons. The lowest BCUT2D eigenvalue weighted by atomic mass is 10.1. The number of nitrogens with one attached hydrogen (secondary N) is 1. The van der Waals surface area contributed by atoms with Gasteiger partial charge in [-0.3, -0.25) is 4.79 Å². The summed E-state index contributed by atoms with van der Waals surface area (Å²) < 4.78 is 1.67. The number of anilines is 1. The SMILES string of the molecule is Cc1cccc(-n2nnnc2S[C@H](C)C(=O)Nc2ccc(Cl)cc2)c1C. The Hall–Kier alpha value is -2.38. The Morgan fingerprint density at radius 2 is 1.92 bits per heavy atom. The molecule has 26 heavy (non-hydrogen) atoms. The van der Waals surface area contributed by atoms with Gasteiger partial charge in [0.25, 0.3) is 0 Å². The van der Waals surface area contributed by atoms with Gasteiger partial charge in [0.1, 0.15) is 0 Å². The fraction of sp³-hybridized carbons (Fsp3) is 0.222. The number of tetrazole rings is 1. The summed E-state index contributed by atoms with van der Waals surface area (Å²) in [5, 5.41) is 15.6. The lowest BCUT2D eigenvalue weighted by molar-refractivity contribution is -0.115. The van der Waals surface area contributed by atoms with Crippen LogP contribution in [0.1, 0.15) is 18.1 Å². The quantitative estimate of drug-likeness (QED) is 0.668. The van der Waals surface area contributed by atoms with Gasteiger partial charge in [-0.25, -0.2) is 0 Å². The van der Waals surface area contributed by atoms with Gasteiger partial charge in [0.15, 0.2) is 0 Å². The first-order chi connectivity index (χ1) is 12.5. The van der Waals surface area contributed by atoms with Crippen molar-refractivity contribution in [1.82, 2.24) is 20.2 Å². The lowest BCUT2D eigenvalue weighted by Crippen LogP contribution is -2.23. The van der Waals surface area contributed by atoms with Crippen molar-refractivity contribution >= 4 is 35.0 Å². The zero-order valence-corrected chi connectivity index (χ0v) is 16.2. The molecule has 1 N–H and O–H groups in total. The van der Waals surface area contributed by atoms with E-state index in [1.54, 1.807) is 28.9 Å². The van der Waals surface area contributed by atoms with Gasteiger partial charge in [-0.15, -0.1) is 5.10 Å². The number of carbonyl (C=O) groups is 1. The summed E-state index contributed by atoms with van der Waals surface area (Å²) in [6, 6.07) is 12.9. The van der Waals surface area contributed by atoms with E-state index < -0.39 is 0 Å². The number of halogens is 1. The highest BCUT2D eigenvalue weighted by Crippen LogP contribution is 2.26. The van der Waals surface area contributed by atoms with E-state index in [1.165, 1.54) is 11.8 Å². The number of benzene rings is 2. The predicted molar refractivity (Wildman–Crippen MR) is 104 cm³/mol. The van der Waals surface area contributed by atoms with Crippen LogP contribution < -0.4 is 5.32 Å². The molecule has 3 aromatic rings. The van der Waals surface area contributed by atoms with Crippen LogP contribution in [0.15, 0.2) is 47.6 Å². The van der Waals surface area contributed by atoms with Crippen LogP contribution in [0.3, 0.4) is 0 Å². The van der Waals surface area contributed by atoms with E-state index in [0.29, 0.717) is 15.9 Å². The number of amides is 1. The second-order valence-electron chi connectivity index (χ2n) is 5.85. The van der Waals surface area contributed by atoms with Crippen LogP contribution in [-0.4, -0.2) is 31.4 Å². The number of rotatable bonds is 5. The summed E-state index contributed by atoms with van der Waals surface area (Å²) in [6.07, 6.45) is 0. The third-order valence-corrected chi connectivity index (χ3v) is 5.29. The standard InChI is InChI=1S/C18H18ClN5OS/c1-11-5-4-6-16(12(11)2)24-18(21-22-23-24)26-13(3)17(25)20-15-9-7-14(19)8-10-15/h4-10,13H,1-3H3,(H,20,25)/t13-/m1/s1. The summed E-state index contributed by atoms with van der Waals surface area (Å²) in [6.45, 7) is 5.88. The molecule has 1 atom stereocenters. The number of thioether (sulfide) groups is 1. The van der Waals surface area contributed by atoms with Gasteiger partial charge in [-0.1, -0.05) is 35.5 Å². The van der Waals surface area contributed by atoms with E-state index in [1.807, 2.05) is 39.0 Å². The number of aryl methyl sites for hydroxylation is 1. The van der Waals surface area contributed by atoms with E-state index in [2.05, 4.69) is 20.8 Å². The number of aromatic nitrogens is 4. The molecular weight excluding hydrogens is 370 g/mol. The van der Waals surface area contributed by atoms with Crippen LogP contribution in [0.4, 0.5) is 5.69 Å². The van der Waals surface area contributed by atoms with Crippen LogP contribution in [0, 0.1) is 13.8 Å². The number of hydrogen-bond acceptors (Lipinski definition) is 5. The Labute approximate surface area is 160 Å². The molecule has 0 saturated carbocycles. The Kier molecular flexibility index (Phi) is 5.58. The fourth-order valence-electron chi connectivity index (χ4n) is 2.36. The highest BCUT2D eigenvalue weighted by molar-refractivity contribution is 8.00. The molecule has 0 aliphatic heterocycles. The molecule has 0 saturated heterocycles. The third-order valence-electron chi connectivity index (χ3n) is 4.01. The number of carbonyl (C=O) groups excluding carboxylic acids is 1. The van der Waals surface area contributed by atoms with E-state index >= 15 is 0 Å². The summed E-state index contributed by atoms with van der Waals surface area (Å²) in [5.41, 5.74) is 3.85. The molecule has 0 aliphatic carbocycles. The third kappa shape index (κ3) is 4.05. The average molecular weight is 388 g/mol. The zero-order chi connectivity index (χ0) is 18.7. The number of hydrogen-bond donors (Lipinski definition) is 1. The van der Waals surface area contributed by atoms with Gasteiger partial charge in [0, 0.05) is 10.7 Å². The molecule has 1 aromatic heterocycles. The summed E-state index contributed by atoms with van der Waals surface area (Å²) >= 11 is 7.17. The molecular formula is C18H18ClN5OS. The Morgan fingerprint density at radius 1 is 1.19 bits per heavy atom. The van der Waals surface area contributed by atoms with Gasteiger partial charge in [0.2, 0.25) is 11.1 Å². The molecule has 3 rings (SSSR count). The second kappa shape index (κ2) is 7.88. The summed E-state index contributed by atoms with van der Waals surface area (Å²) in [4.78, 5) is 12.4. The summed E-state index contributed by atoms with van der Waals surface area (Å²) in [5.74, 6) is -0.132. The molecule has 8 heteroatoms. The molecule has 0 aliphatic rings. The second-order valence-corrected chi connectivity index (χ2v) is 7.59. The molecule has 0 spiro atoms. The van der Waals surface area contributed by atoms with Crippen molar-refractivity contribution in [2.75, 3.05) is 5.32 Å². The normalized spacial score (nSPS) is 12.0. The largest absolute Gasteiger partial charge is 0.325 e. The van der Waals surface area contributed by atoms with Crippen LogP contribution >= 0.6 is 23.4 Å². The summed E-state index contributed by atoms with van der Waals surface area (Å²) in [7, 11) is 0. The molecule has 0 radical (unpaired) electrons. The highest BCUT2D eigenvalue weighted by Gasteiger charge is 2.20. The van der Waals surface area contributed by atoms with E-state index in [0.717, 1.165) is 16.8 Å². The van der Waals surface area contributed by atoms with Gasteiger partial charge >= 0.3 is 0 Å². The minimum Gasteiger partial charge on any atom is -0.325 e. The maximum atomic E-state index is 12.4. The van der Waals surface area contributed by atoms with Gasteiger partial charge < -0.3 is 5.32 Å². The molecule has 6 nitrogen and oxygen atoms in total. The van der Waals surface area contributed by atoms with Crippen molar-refractivity contribution in [3.8, 4) is 5.69 Å². The fourth-order valence-corrected chi connectivity index (χ4v) is 3.28. The van der Waals surface area contributed by atoms with Gasteiger partial charge in [-0.2, -0.15) is 4.68 Å². The molecule has 0 unspecified atom stereocenters. The average Bonchev–Trinajstić information content (AvgIpc) is 3.07. The van der Waals surface area contributed by atoms with Crippen molar-refractivity contribution in [3.63, 3.8) is 0 Å². The predicted octanol–water partition coefficient (Wildman–Crippen LogP) is 4.05. The molecule has 2 aromatic carbocycles. The minimum absolute atomic E-state index is 0.132. The molecule has 1 amide bonds. The minimum atomic E-state index is -0.374. The molecule has 1 heterocycles. The van der Waals surface area contributed by atoms with Crippen LogP contribution in [-0.2, 0) is 4.79 Å². The van der Waals surface area contributed by atoms with Crippen molar-refractivity contribution in [3.05, 3.63) is 58.6 Å². The first kappa shape index (κ1) is 18.4. The topological polar surface area (TPSA) is 72.7 Å². The first-order valence-corrected chi connectivity index (χ1v) is 9.29. The molecule has 0 bridgehead atoms. The van der Waals surface area contributed by atoms with Crippen molar-refractivity contribution in [1.29, 1.82) is 0 Å². The smallest absolute Gasteiger partial charge is 0.237 e. The van der Waals surface area contributed by atoms with E-state index in [-0.39, 0.29) is 11.2 Å². The Bertz CT molecular complexity index is 926. The Balaban J connectivity index is 1.75. The van der Waals surface area contributed by atoms with E-state index in [9.17, 15) is 4.79 Å². The van der Waals surface area contributed by atoms with Crippen LogP contribution in [0.2, 0.25) is 5.02 Å². The maximum absolute atomic E-state index is 12.4. The van der Waals surface area contributed by atoms with Gasteiger partial charge in [0.05, 0.1) is 10.9 Å². The zero-order valence-electron chi connectivity index (χ0n) is 14.6. The Morgan fingerprint density at radius 3 is 2.65 bits per heavy atom. The number of nitrogens with zero attached hydrogens (tertiary/aromatic N) is 4. The lowest BCUT2D eigenvalue weighted by Gasteiger charge is -2.13. The maximum Gasteiger partial charge on any atom is 0.237 e. The monoisotopic (exact) mass is 387 g/mol. The van der Waals surface area contributed by atoms with Crippen molar-refractivity contribution in [2.24, 2.45) is 0 Å². The van der Waals surface area contributed by atoms with Crippen LogP contribution in [0.5, 0.6) is 0 Å². The van der Waals surface area contributed by atoms with Crippen molar-refractivity contribution in [2.45, 2.75) is 31.2 Å². The van der Waals surface area contributed by atoms with Crippen LogP contribution in [0.25, 0.3) is 5.69 Å². The van der Waals surface area contributed by atoms with Gasteiger partial charge in [-0.05, 0) is 72.7 Å². The van der Waals surface area contributed by atoms with E-state index in [4.69, 9.17) is 11.6 Å². The molecule has 0 fully saturated rings. The highest BCUT2D eigenvalue weighted by atomic mass is 35.5. The first-order valence-electron chi connectivity index (χ1n) is 8.04.